The van der Waals surface area contributed by atoms with Gasteiger partial charge in [0.25, 0.3) is 0 Å². The van der Waals surface area contributed by atoms with Gasteiger partial charge in [-0.05, 0) is 42.5 Å². The second-order valence-electron chi connectivity index (χ2n) is 5.21. The molecule has 1 N–H and O–H groups in total. The Morgan fingerprint density at radius 1 is 1.05 bits per heavy atom. The van der Waals surface area contributed by atoms with Crippen molar-refractivity contribution in [1.29, 1.82) is 0 Å². The second kappa shape index (κ2) is 6.74. The van der Waals surface area contributed by atoms with Crippen LogP contribution in [0.25, 0.3) is 0 Å². The molecule has 2 aromatic heterocycles. The van der Waals surface area contributed by atoms with E-state index in [9.17, 15) is 0 Å². The molecule has 3 rings (SSSR count). The van der Waals surface area contributed by atoms with Crippen molar-refractivity contribution in [3.05, 3.63) is 82.4 Å². The van der Waals surface area contributed by atoms with Gasteiger partial charge in [-0.2, -0.15) is 0 Å². The summed E-state index contributed by atoms with van der Waals surface area (Å²) in [5.74, 6) is 0.958. The van der Waals surface area contributed by atoms with Crippen LogP contribution in [-0.2, 0) is 6.42 Å². The molecule has 0 spiro atoms. The molecule has 0 radical (unpaired) electrons. The van der Waals surface area contributed by atoms with E-state index in [0.717, 1.165) is 12.2 Å². The first-order valence-electron chi connectivity index (χ1n) is 7.19. The molecule has 0 saturated carbocycles. The van der Waals surface area contributed by atoms with E-state index < -0.39 is 0 Å². The summed E-state index contributed by atoms with van der Waals surface area (Å²) < 4.78 is 5.63. The SMILES string of the molecule is CC(Cc1cccs1)NC(c1ccccc1)c1ccco1. The van der Waals surface area contributed by atoms with Crippen molar-refractivity contribution < 1.29 is 4.42 Å². The van der Waals surface area contributed by atoms with Crippen LogP contribution < -0.4 is 5.32 Å². The minimum Gasteiger partial charge on any atom is -0.467 e. The van der Waals surface area contributed by atoms with Crippen molar-refractivity contribution in [3.8, 4) is 0 Å². The molecule has 2 unspecified atom stereocenters. The number of benzene rings is 1. The van der Waals surface area contributed by atoms with E-state index in [1.54, 1.807) is 6.26 Å². The highest BCUT2D eigenvalue weighted by atomic mass is 32.1. The molecular formula is C18H19NOS. The van der Waals surface area contributed by atoms with Crippen molar-refractivity contribution >= 4 is 11.3 Å². The third-order valence-electron chi connectivity index (χ3n) is 3.50. The van der Waals surface area contributed by atoms with E-state index in [4.69, 9.17) is 4.42 Å². The highest BCUT2D eigenvalue weighted by Crippen LogP contribution is 2.23. The van der Waals surface area contributed by atoms with Gasteiger partial charge in [-0.3, -0.25) is 0 Å². The third kappa shape index (κ3) is 3.63. The van der Waals surface area contributed by atoms with Crippen LogP contribution in [0.3, 0.4) is 0 Å². The summed E-state index contributed by atoms with van der Waals surface area (Å²) in [6.45, 7) is 2.22. The van der Waals surface area contributed by atoms with E-state index in [1.807, 2.05) is 29.5 Å². The minimum absolute atomic E-state index is 0.0937. The van der Waals surface area contributed by atoms with Crippen LogP contribution in [0.5, 0.6) is 0 Å². The average molecular weight is 297 g/mol. The third-order valence-corrected chi connectivity index (χ3v) is 4.40. The molecule has 0 bridgehead atoms. The number of hydrogen-bond donors (Lipinski definition) is 1. The van der Waals surface area contributed by atoms with Crippen LogP contribution in [0.2, 0.25) is 0 Å². The van der Waals surface area contributed by atoms with E-state index in [-0.39, 0.29) is 6.04 Å². The van der Waals surface area contributed by atoms with Crippen LogP contribution in [0.4, 0.5) is 0 Å². The smallest absolute Gasteiger partial charge is 0.125 e. The quantitative estimate of drug-likeness (QED) is 0.716. The number of rotatable bonds is 6. The molecule has 0 aliphatic heterocycles. The maximum atomic E-state index is 5.63. The van der Waals surface area contributed by atoms with E-state index >= 15 is 0 Å². The Hall–Kier alpha value is -1.84. The molecule has 1 aromatic carbocycles. The molecule has 108 valence electrons. The van der Waals surface area contributed by atoms with Gasteiger partial charge < -0.3 is 9.73 Å². The fraction of sp³-hybridized carbons (Fsp3) is 0.222. The van der Waals surface area contributed by atoms with E-state index in [0.29, 0.717) is 6.04 Å². The lowest BCUT2D eigenvalue weighted by Gasteiger charge is -2.22. The first kappa shape index (κ1) is 14.1. The summed E-state index contributed by atoms with van der Waals surface area (Å²) in [5, 5.41) is 5.82. The van der Waals surface area contributed by atoms with Gasteiger partial charge in [0.15, 0.2) is 0 Å². The summed E-state index contributed by atoms with van der Waals surface area (Å²) in [4.78, 5) is 1.40. The van der Waals surface area contributed by atoms with E-state index in [2.05, 4.69) is 54.0 Å². The van der Waals surface area contributed by atoms with Crippen molar-refractivity contribution in [2.45, 2.75) is 25.4 Å². The van der Waals surface area contributed by atoms with Crippen LogP contribution in [0.1, 0.15) is 29.2 Å². The Bertz CT molecular complexity index is 631. The molecule has 0 fully saturated rings. The normalized spacial score (nSPS) is 14.0. The Balaban J connectivity index is 1.77. The maximum Gasteiger partial charge on any atom is 0.125 e. The fourth-order valence-corrected chi connectivity index (χ4v) is 3.35. The predicted molar refractivity (Wildman–Crippen MR) is 87.6 cm³/mol. The zero-order valence-corrected chi connectivity index (χ0v) is 12.8. The lowest BCUT2D eigenvalue weighted by atomic mass is 10.0. The molecule has 2 nitrogen and oxygen atoms in total. The van der Waals surface area contributed by atoms with Gasteiger partial charge in [0.2, 0.25) is 0 Å². The fourth-order valence-electron chi connectivity index (χ4n) is 2.52. The highest BCUT2D eigenvalue weighted by Gasteiger charge is 2.19. The number of furan rings is 1. The summed E-state index contributed by atoms with van der Waals surface area (Å²) in [6, 6.07) is 19.2. The Morgan fingerprint density at radius 3 is 2.57 bits per heavy atom. The lowest BCUT2D eigenvalue weighted by Crippen LogP contribution is -2.32. The molecular weight excluding hydrogens is 278 g/mol. The average Bonchev–Trinajstić information content (AvgIpc) is 3.19. The van der Waals surface area contributed by atoms with Crippen LogP contribution in [0.15, 0.2) is 70.7 Å². The first-order chi connectivity index (χ1) is 10.3. The standard InChI is InChI=1S/C18H19NOS/c1-14(13-16-9-6-12-21-16)19-18(17-10-5-11-20-17)15-7-3-2-4-8-15/h2-12,14,18-19H,13H2,1H3. The molecule has 0 aliphatic carbocycles. The molecule has 0 amide bonds. The molecule has 3 heteroatoms. The summed E-state index contributed by atoms with van der Waals surface area (Å²) >= 11 is 1.81. The van der Waals surface area contributed by atoms with Gasteiger partial charge >= 0.3 is 0 Å². The highest BCUT2D eigenvalue weighted by molar-refractivity contribution is 7.09. The second-order valence-corrected chi connectivity index (χ2v) is 6.24. The van der Waals surface area contributed by atoms with Crippen LogP contribution in [-0.4, -0.2) is 6.04 Å². The van der Waals surface area contributed by atoms with Crippen LogP contribution in [0, 0.1) is 0 Å². The van der Waals surface area contributed by atoms with Crippen molar-refractivity contribution in [2.75, 3.05) is 0 Å². The topological polar surface area (TPSA) is 25.2 Å². The van der Waals surface area contributed by atoms with Crippen molar-refractivity contribution in [2.24, 2.45) is 0 Å². The molecule has 2 atom stereocenters. The maximum absolute atomic E-state index is 5.63. The Kier molecular flexibility index (Phi) is 4.53. The summed E-state index contributed by atoms with van der Waals surface area (Å²) in [6.07, 6.45) is 2.76. The lowest BCUT2D eigenvalue weighted by molar-refractivity contribution is 0.414. The monoisotopic (exact) mass is 297 g/mol. The molecule has 2 heterocycles. The summed E-state index contributed by atoms with van der Waals surface area (Å²) in [7, 11) is 0. The largest absolute Gasteiger partial charge is 0.467 e. The zero-order valence-electron chi connectivity index (χ0n) is 12.0. The van der Waals surface area contributed by atoms with Gasteiger partial charge in [-0.15, -0.1) is 11.3 Å². The van der Waals surface area contributed by atoms with E-state index in [1.165, 1.54) is 10.4 Å². The predicted octanol–water partition coefficient (Wildman–Crippen LogP) is 4.65. The Labute approximate surface area is 129 Å². The van der Waals surface area contributed by atoms with Crippen molar-refractivity contribution in [3.63, 3.8) is 0 Å². The zero-order chi connectivity index (χ0) is 14.5. The molecule has 0 aliphatic rings. The van der Waals surface area contributed by atoms with Crippen molar-refractivity contribution in [1.82, 2.24) is 5.32 Å². The van der Waals surface area contributed by atoms with Gasteiger partial charge in [0, 0.05) is 10.9 Å². The van der Waals surface area contributed by atoms with Gasteiger partial charge in [0.1, 0.15) is 5.76 Å². The molecule has 0 saturated heterocycles. The van der Waals surface area contributed by atoms with Gasteiger partial charge in [-0.1, -0.05) is 36.4 Å². The number of hydrogen-bond acceptors (Lipinski definition) is 3. The summed E-state index contributed by atoms with van der Waals surface area (Å²) in [5.41, 5.74) is 1.23. The number of nitrogens with one attached hydrogen (secondary N) is 1. The first-order valence-corrected chi connectivity index (χ1v) is 8.07. The Morgan fingerprint density at radius 2 is 1.90 bits per heavy atom. The molecule has 21 heavy (non-hydrogen) atoms. The molecule has 3 aromatic rings. The van der Waals surface area contributed by atoms with Gasteiger partial charge in [-0.25, -0.2) is 0 Å². The minimum atomic E-state index is 0.0937. The number of thiophene rings is 1. The van der Waals surface area contributed by atoms with Crippen LogP contribution >= 0.6 is 11.3 Å². The van der Waals surface area contributed by atoms with Gasteiger partial charge in [0.05, 0.1) is 12.3 Å².